The fraction of sp³-hybridized carbons (Fsp3) is 0.667. The lowest BCUT2D eigenvalue weighted by Gasteiger charge is -2.32. The Kier molecular flexibility index (Phi) is 4.18. The molecule has 0 aromatic carbocycles. The largest absolute Gasteiger partial charge is 0.374 e. The van der Waals surface area contributed by atoms with Gasteiger partial charge in [0.05, 0.1) is 12.7 Å². The van der Waals surface area contributed by atoms with Gasteiger partial charge in [0.2, 0.25) is 0 Å². The quantitative estimate of drug-likeness (QED) is 0.702. The van der Waals surface area contributed by atoms with Crippen molar-refractivity contribution in [2.45, 2.75) is 12.6 Å². The molecular formula is C12H20N4O3. The lowest BCUT2D eigenvalue weighted by Crippen LogP contribution is -2.46. The van der Waals surface area contributed by atoms with Gasteiger partial charge >= 0.3 is 5.69 Å². The van der Waals surface area contributed by atoms with E-state index in [1.807, 2.05) is 0 Å². The molecule has 0 radical (unpaired) electrons. The van der Waals surface area contributed by atoms with E-state index in [1.165, 1.54) is 17.7 Å². The first-order valence-corrected chi connectivity index (χ1v) is 6.33. The van der Waals surface area contributed by atoms with Gasteiger partial charge in [-0.1, -0.05) is 0 Å². The third-order valence-electron chi connectivity index (χ3n) is 3.50. The van der Waals surface area contributed by atoms with Crippen LogP contribution in [0.4, 0.5) is 0 Å². The van der Waals surface area contributed by atoms with E-state index in [0.717, 1.165) is 17.7 Å². The molecule has 1 atom stereocenters. The van der Waals surface area contributed by atoms with Gasteiger partial charge in [-0.3, -0.25) is 18.8 Å². The molecule has 0 amide bonds. The van der Waals surface area contributed by atoms with E-state index < -0.39 is 0 Å². The predicted molar refractivity (Wildman–Crippen MR) is 71.0 cm³/mol. The van der Waals surface area contributed by atoms with Crippen molar-refractivity contribution in [3.05, 3.63) is 32.6 Å². The molecular weight excluding hydrogens is 248 g/mol. The normalized spacial score (nSPS) is 20.7. The van der Waals surface area contributed by atoms with Crippen LogP contribution in [0.25, 0.3) is 0 Å². The van der Waals surface area contributed by atoms with Gasteiger partial charge < -0.3 is 10.5 Å². The summed E-state index contributed by atoms with van der Waals surface area (Å²) in [6.07, 6.45) is 0.0253. The maximum absolute atomic E-state index is 11.8. The molecule has 7 nitrogen and oxygen atoms in total. The van der Waals surface area contributed by atoms with Crippen LogP contribution >= 0.6 is 0 Å². The molecule has 0 aliphatic carbocycles. The van der Waals surface area contributed by atoms with Gasteiger partial charge in [0.1, 0.15) is 0 Å². The second-order valence-electron chi connectivity index (χ2n) is 4.84. The van der Waals surface area contributed by atoms with Crippen molar-refractivity contribution >= 4 is 0 Å². The first-order valence-electron chi connectivity index (χ1n) is 6.33. The number of ether oxygens (including phenoxy) is 1. The fourth-order valence-electron chi connectivity index (χ4n) is 2.23. The minimum absolute atomic E-state index is 0.0253. The third-order valence-corrected chi connectivity index (χ3v) is 3.50. The summed E-state index contributed by atoms with van der Waals surface area (Å²) in [4.78, 5) is 25.6. The highest BCUT2D eigenvalue weighted by molar-refractivity contribution is 5.02. The Balaban J connectivity index is 2.20. The molecule has 1 aliphatic heterocycles. The maximum Gasteiger partial charge on any atom is 0.330 e. The number of rotatable bonds is 3. The lowest BCUT2D eigenvalue weighted by molar-refractivity contribution is -0.0267. The zero-order chi connectivity index (χ0) is 14.0. The molecule has 1 aliphatic rings. The van der Waals surface area contributed by atoms with E-state index in [4.69, 9.17) is 10.5 Å². The van der Waals surface area contributed by atoms with Crippen molar-refractivity contribution in [1.82, 2.24) is 14.0 Å². The molecule has 1 aromatic heterocycles. The molecule has 1 unspecified atom stereocenters. The summed E-state index contributed by atoms with van der Waals surface area (Å²) in [7, 11) is 3.16. The molecule has 0 bridgehead atoms. The van der Waals surface area contributed by atoms with Crippen LogP contribution in [0.1, 0.15) is 5.69 Å². The molecule has 2 rings (SSSR count). The van der Waals surface area contributed by atoms with E-state index in [9.17, 15) is 9.59 Å². The van der Waals surface area contributed by atoms with E-state index in [2.05, 4.69) is 4.90 Å². The van der Waals surface area contributed by atoms with E-state index in [1.54, 1.807) is 7.05 Å². The molecule has 0 saturated carbocycles. The molecule has 1 fully saturated rings. The number of nitrogens with zero attached hydrogens (tertiary/aromatic N) is 3. The Labute approximate surface area is 111 Å². The summed E-state index contributed by atoms with van der Waals surface area (Å²) in [6, 6.07) is 1.51. The molecule has 2 N–H and O–H groups in total. The maximum atomic E-state index is 11.8. The van der Waals surface area contributed by atoms with Crippen molar-refractivity contribution in [3.63, 3.8) is 0 Å². The van der Waals surface area contributed by atoms with Crippen molar-refractivity contribution in [2.75, 3.05) is 26.2 Å². The Bertz CT molecular complexity index is 563. The van der Waals surface area contributed by atoms with Crippen molar-refractivity contribution < 1.29 is 4.74 Å². The Morgan fingerprint density at radius 3 is 2.79 bits per heavy atom. The zero-order valence-corrected chi connectivity index (χ0v) is 11.3. The second kappa shape index (κ2) is 5.68. The van der Waals surface area contributed by atoms with Crippen molar-refractivity contribution in [2.24, 2.45) is 19.8 Å². The molecule has 1 saturated heterocycles. The highest BCUT2D eigenvalue weighted by Crippen LogP contribution is 2.07. The Morgan fingerprint density at radius 2 is 2.11 bits per heavy atom. The fourth-order valence-corrected chi connectivity index (χ4v) is 2.23. The summed E-state index contributed by atoms with van der Waals surface area (Å²) >= 11 is 0. The summed E-state index contributed by atoms with van der Waals surface area (Å²) in [6.45, 7) is 3.16. The highest BCUT2D eigenvalue weighted by Gasteiger charge is 2.20. The third kappa shape index (κ3) is 2.94. The number of morpholine rings is 1. The average molecular weight is 268 g/mol. The first-order chi connectivity index (χ1) is 9.02. The van der Waals surface area contributed by atoms with E-state index in [0.29, 0.717) is 25.4 Å². The Hall–Kier alpha value is -1.44. The van der Waals surface area contributed by atoms with Gasteiger partial charge in [0, 0.05) is 52.0 Å². The number of hydrogen-bond donors (Lipinski definition) is 1. The molecule has 2 heterocycles. The van der Waals surface area contributed by atoms with E-state index in [-0.39, 0.29) is 17.4 Å². The van der Waals surface area contributed by atoms with Crippen LogP contribution in [0.3, 0.4) is 0 Å². The Morgan fingerprint density at radius 1 is 1.37 bits per heavy atom. The summed E-state index contributed by atoms with van der Waals surface area (Å²) < 4.78 is 8.10. The molecule has 1 aromatic rings. The predicted octanol–water partition coefficient (Wildman–Crippen LogP) is -1.76. The van der Waals surface area contributed by atoms with Gasteiger partial charge in [0.15, 0.2) is 0 Å². The van der Waals surface area contributed by atoms with E-state index >= 15 is 0 Å². The number of nitrogens with two attached hydrogens (primary N) is 1. The minimum atomic E-state index is -0.300. The van der Waals surface area contributed by atoms with Crippen LogP contribution in [-0.2, 0) is 25.4 Å². The van der Waals surface area contributed by atoms with Crippen LogP contribution in [-0.4, -0.2) is 46.4 Å². The number of aromatic nitrogens is 2. The SMILES string of the molecule is Cn1c(CN2CCOC(CN)C2)cc(=O)n(C)c1=O. The summed E-state index contributed by atoms with van der Waals surface area (Å²) in [5.74, 6) is 0. The monoisotopic (exact) mass is 268 g/mol. The average Bonchev–Trinajstić information content (AvgIpc) is 2.42. The first kappa shape index (κ1) is 14.0. The van der Waals surface area contributed by atoms with Crippen LogP contribution in [0.5, 0.6) is 0 Å². The van der Waals surface area contributed by atoms with Crippen LogP contribution in [0.15, 0.2) is 15.7 Å². The molecule has 0 spiro atoms. The number of hydrogen-bond acceptors (Lipinski definition) is 5. The van der Waals surface area contributed by atoms with Gasteiger partial charge in [-0.25, -0.2) is 4.79 Å². The van der Waals surface area contributed by atoms with Crippen LogP contribution < -0.4 is 17.0 Å². The summed E-state index contributed by atoms with van der Waals surface area (Å²) in [5.41, 5.74) is 5.73. The summed E-state index contributed by atoms with van der Waals surface area (Å²) in [5, 5.41) is 0. The smallest absolute Gasteiger partial charge is 0.330 e. The minimum Gasteiger partial charge on any atom is -0.374 e. The van der Waals surface area contributed by atoms with Gasteiger partial charge in [-0.2, -0.15) is 0 Å². The standard InChI is InChI=1S/C12H20N4O3/c1-14-9(5-11(17)15(2)12(14)18)7-16-3-4-19-10(6-13)8-16/h5,10H,3-4,6-8,13H2,1-2H3. The van der Waals surface area contributed by atoms with Crippen molar-refractivity contribution in [1.29, 1.82) is 0 Å². The zero-order valence-electron chi connectivity index (χ0n) is 11.3. The molecule has 106 valence electrons. The lowest BCUT2D eigenvalue weighted by atomic mass is 10.2. The topological polar surface area (TPSA) is 82.5 Å². The van der Waals surface area contributed by atoms with Crippen LogP contribution in [0.2, 0.25) is 0 Å². The van der Waals surface area contributed by atoms with Gasteiger partial charge in [0.25, 0.3) is 5.56 Å². The van der Waals surface area contributed by atoms with Gasteiger partial charge in [-0.15, -0.1) is 0 Å². The van der Waals surface area contributed by atoms with Crippen molar-refractivity contribution in [3.8, 4) is 0 Å². The molecule has 19 heavy (non-hydrogen) atoms. The van der Waals surface area contributed by atoms with Crippen LogP contribution in [0, 0.1) is 0 Å². The highest BCUT2D eigenvalue weighted by atomic mass is 16.5. The second-order valence-corrected chi connectivity index (χ2v) is 4.84. The van der Waals surface area contributed by atoms with Gasteiger partial charge in [-0.05, 0) is 0 Å². The molecule has 7 heteroatoms.